The highest BCUT2D eigenvalue weighted by molar-refractivity contribution is 6.27. The summed E-state index contributed by atoms with van der Waals surface area (Å²) in [7, 11) is 0. The number of benzene rings is 9. The van der Waals surface area contributed by atoms with Gasteiger partial charge in [0.2, 0.25) is 0 Å². The maximum atomic E-state index is 5.19. The van der Waals surface area contributed by atoms with Crippen LogP contribution in [0.5, 0.6) is 0 Å². The minimum Gasteiger partial charge on any atom is -0.307 e. The molecule has 12 aromatic rings. The number of fused-ring (bicyclic) bond motifs is 9. The van der Waals surface area contributed by atoms with E-state index in [-0.39, 0.29) is 5.41 Å². The first-order valence-electron chi connectivity index (χ1n) is 22.2. The van der Waals surface area contributed by atoms with Gasteiger partial charge in [-0.1, -0.05) is 196 Å². The topological polar surface area (TPSA) is 30.2 Å². The summed E-state index contributed by atoms with van der Waals surface area (Å²) < 4.78 is 2.53. The Morgan fingerprint density at radius 1 is 0.344 bits per heavy atom. The lowest BCUT2D eigenvalue weighted by Gasteiger charge is -2.21. The molecule has 300 valence electrons. The molecule has 0 saturated carbocycles. The lowest BCUT2D eigenvalue weighted by Crippen LogP contribution is -2.14. The molecule has 1 aliphatic carbocycles. The van der Waals surface area contributed by atoms with Crippen molar-refractivity contribution in [1.29, 1.82) is 0 Å². The molecule has 13 rings (SSSR count). The Kier molecular flexibility index (Phi) is 7.95. The smallest absolute Gasteiger partial charge is 0.160 e. The van der Waals surface area contributed by atoms with Crippen molar-refractivity contribution in [1.82, 2.24) is 14.4 Å². The van der Waals surface area contributed by atoms with Crippen LogP contribution in [0.4, 0.5) is 0 Å². The molecule has 0 N–H and O–H groups in total. The van der Waals surface area contributed by atoms with Gasteiger partial charge < -0.3 is 4.40 Å². The van der Waals surface area contributed by atoms with E-state index in [0.717, 1.165) is 33.9 Å². The van der Waals surface area contributed by atoms with Crippen LogP contribution in [0.15, 0.2) is 212 Å². The molecule has 0 unspecified atom stereocenters. The summed E-state index contributed by atoms with van der Waals surface area (Å²) in [6, 6.07) is 77.1. The van der Waals surface area contributed by atoms with Gasteiger partial charge in [0.05, 0.1) is 27.9 Å². The molecular weight excluding hydrogens is 775 g/mol. The van der Waals surface area contributed by atoms with Crippen molar-refractivity contribution >= 4 is 38.1 Å². The molecule has 0 bridgehead atoms. The van der Waals surface area contributed by atoms with Crippen molar-refractivity contribution < 1.29 is 0 Å². The third-order valence-corrected chi connectivity index (χ3v) is 13.8. The molecule has 64 heavy (non-hydrogen) atoms. The molecular formula is C61H41N3. The van der Waals surface area contributed by atoms with Crippen LogP contribution in [0.2, 0.25) is 0 Å². The van der Waals surface area contributed by atoms with Crippen LogP contribution in [0.25, 0.3) is 117 Å². The van der Waals surface area contributed by atoms with Gasteiger partial charge in [0.1, 0.15) is 0 Å². The SMILES string of the molecule is CC1(C)c2ccc(-c3cccc(-c4cccc5c6cccc7c8c(-c9ccccc9)cccc8n(c45)c67)c3)cc2-c2cc(-c3cc(-c4ccccc4)nc(-c4ccccc4)n3)ccc21. The predicted molar refractivity (Wildman–Crippen MR) is 267 cm³/mol. The molecule has 0 saturated heterocycles. The van der Waals surface area contributed by atoms with Gasteiger partial charge in [-0.05, 0) is 80.4 Å². The minimum absolute atomic E-state index is 0.148. The van der Waals surface area contributed by atoms with E-state index in [2.05, 4.69) is 206 Å². The molecule has 9 aromatic carbocycles. The van der Waals surface area contributed by atoms with Gasteiger partial charge in [0, 0.05) is 49.2 Å². The van der Waals surface area contributed by atoms with Crippen molar-refractivity contribution in [3.8, 4) is 78.4 Å². The molecule has 0 radical (unpaired) electrons. The highest BCUT2D eigenvalue weighted by Crippen LogP contribution is 2.51. The Balaban J connectivity index is 0.943. The van der Waals surface area contributed by atoms with Gasteiger partial charge in [-0.25, -0.2) is 9.97 Å². The number of hydrogen-bond donors (Lipinski definition) is 0. The normalized spacial score (nSPS) is 13.0. The van der Waals surface area contributed by atoms with Gasteiger partial charge in [0.15, 0.2) is 5.82 Å². The summed E-state index contributed by atoms with van der Waals surface area (Å²) in [5, 5.41) is 5.16. The fraction of sp³-hybridized carbons (Fsp3) is 0.0492. The van der Waals surface area contributed by atoms with Crippen LogP contribution < -0.4 is 0 Å². The van der Waals surface area contributed by atoms with Gasteiger partial charge in [-0.3, -0.25) is 0 Å². The molecule has 3 aromatic heterocycles. The van der Waals surface area contributed by atoms with E-state index in [1.807, 2.05) is 24.3 Å². The summed E-state index contributed by atoms with van der Waals surface area (Å²) in [5.41, 5.74) is 21.1. The maximum absolute atomic E-state index is 5.19. The number of rotatable bonds is 6. The Morgan fingerprint density at radius 3 is 1.59 bits per heavy atom. The average Bonchev–Trinajstić information content (AvgIpc) is 3.97. The zero-order valence-electron chi connectivity index (χ0n) is 35.5. The fourth-order valence-corrected chi connectivity index (χ4v) is 10.7. The van der Waals surface area contributed by atoms with Crippen LogP contribution in [0.1, 0.15) is 25.0 Å². The fourth-order valence-electron chi connectivity index (χ4n) is 10.7. The minimum atomic E-state index is -0.148. The number of para-hydroxylation sites is 2. The second-order valence-corrected chi connectivity index (χ2v) is 17.7. The molecule has 3 heteroatoms. The highest BCUT2D eigenvalue weighted by Gasteiger charge is 2.36. The summed E-state index contributed by atoms with van der Waals surface area (Å²) in [6.07, 6.45) is 0. The lowest BCUT2D eigenvalue weighted by molar-refractivity contribution is 0.660. The Hall–Kier alpha value is -8.14. The van der Waals surface area contributed by atoms with E-state index in [9.17, 15) is 0 Å². The van der Waals surface area contributed by atoms with Gasteiger partial charge >= 0.3 is 0 Å². The maximum Gasteiger partial charge on any atom is 0.160 e. The first-order valence-corrected chi connectivity index (χ1v) is 22.2. The van der Waals surface area contributed by atoms with Crippen LogP contribution in [-0.2, 0) is 5.41 Å². The Morgan fingerprint density at radius 2 is 0.859 bits per heavy atom. The monoisotopic (exact) mass is 815 g/mol. The van der Waals surface area contributed by atoms with Crippen LogP contribution in [0.3, 0.4) is 0 Å². The number of aromatic nitrogens is 3. The molecule has 3 heterocycles. The first-order chi connectivity index (χ1) is 31.5. The Bertz CT molecular complexity index is 3730. The molecule has 0 spiro atoms. The summed E-state index contributed by atoms with van der Waals surface area (Å²) in [5.74, 6) is 0.722. The van der Waals surface area contributed by atoms with E-state index in [1.165, 1.54) is 93.7 Å². The van der Waals surface area contributed by atoms with E-state index in [4.69, 9.17) is 9.97 Å². The molecule has 0 aliphatic heterocycles. The van der Waals surface area contributed by atoms with Gasteiger partial charge in [-0.15, -0.1) is 0 Å². The zero-order valence-corrected chi connectivity index (χ0v) is 35.5. The third kappa shape index (κ3) is 5.47. The van der Waals surface area contributed by atoms with Crippen molar-refractivity contribution in [2.24, 2.45) is 0 Å². The van der Waals surface area contributed by atoms with E-state index in [1.54, 1.807) is 0 Å². The summed E-state index contributed by atoms with van der Waals surface area (Å²) >= 11 is 0. The zero-order chi connectivity index (χ0) is 42.5. The molecule has 3 nitrogen and oxygen atoms in total. The molecule has 1 aliphatic rings. The lowest BCUT2D eigenvalue weighted by atomic mass is 9.82. The number of nitrogens with zero attached hydrogens (tertiary/aromatic N) is 3. The van der Waals surface area contributed by atoms with Crippen molar-refractivity contribution in [2.45, 2.75) is 19.3 Å². The summed E-state index contributed by atoms with van der Waals surface area (Å²) in [4.78, 5) is 10.2. The first kappa shape index (κ1) is 36.5. The van der Waals surface area contributed by atoms with Crippen LogP contribution >= 0.6 is 0 Å². The van der Waals surface area contributed by atoms with E-state index < -0.39 is 0 Å². The van der Waals surface area contributed by atoms with Crippen LogP contribution in [-0.4, -0.2) is 14.4 Å². The second kappa shape index (κ2) is 13.9. The van der Waals surface area contributed by atoms with Gasteiger partial charge in [-0.2, -0.15) is 0 Å². The van der Waals surface area contributed by atoms with Crippen LogP contribution in [0, 0.1) is 0 Å². The largest absolute Gasteiger partial charge is 0.307 e. The van der Waals surface area contributed by atoms with Crippen molar-refractivity contribution in [3.05, 3.63) is 223 Å². The van der Waals surface area contributed by atoms with Crippen molar-refractivity contribution in [2.75, 3.05) is 0 Å². The molecule has 0 atom stereocenters. The standard InChI is InChI=1S/C61H41N3/c1-61(2)52-32-30-42(35-50(52)51-36-44(31-33-53(51)61)55-37-54(39-18-8-4-9-19-39)62-60(63-55)40-20-10-5-11-21-40)41-22-12-23-43(34-41)46-25-13-26-47-48-27-14-28-49-57-45(38-16-6-3-7-17-38)24-15-29-56(57)64(58(46)47)59(48)49/h3-37H,1-2H3. The predicted octanol–water partition coefficient (Wildman–Crippen LogP) is 15.9. The second-order valence-electron chi connectivity index (χ2n) is 17.7. The van der Waals surface area contributed by atoms with Crippen molar-refractivity contribution in [3.63, 3.8) is 0 Å². The third-order valence-electron chi connectivity index (χ3n) is 13.8. The van der Waals surface area contributed by atoms with Gasteiger partial charge in [0.25, 0.3) is 0 Å². The molecule has 0 amide bonds. The highest BCUT2D eigenvalue weighted by atomic mass is 14.9. The average molecular weight is 816 g/mol. The molecule has 0 fully saturated rings. The van der Waals surface area contributed by atoms with E-state index >= 15 is 0 Å². The Labute approximate surface area is 372 Å². The quantitative estimate of drug-likeness (QED) is 0.167. The number of hydrogen-bond acceptors (Lipinski definition) is 2. The summed E-state index contributed by atoms with van der Waals surface area (Å²) in [6.45, 7) is 4.70. The van der Waals surface area contributed by atoms with E-state index in [0.29, 0.717) is 0 Å².